The monoisotopic (exact) mass is 374 g/mol. The molecule has 3 aromatic rings. The van der Waals surface area contributed by atoms with Gasteiger partial charge in [-0.3, -0.25) is 9.89 Å². The first kappa shape index (κ1) is 17.0. The second kappa shape index (κ2) is 6.78. The third-order valence-electron chi connectivity index (χ3n) is 5.40. The summed E-state index contributed by atoms with van der Waals surface area (Å²) >= 11 is 0. The number of hydrogen-bond acceptors (Lipinski definition) is 4. The molecule has 0 radical (unpaired) electrons. The topological polar surface area (TPSA) is 83.8 Å². The largest absolute Gasteiger partial charge is 0.461 e. The first-order chi connectivity index (χ1) is 13.7. The van der Waals surface area contributed by atoms with Gasteiger partial charge in [0.2, 0.25) is 5.91 Å². The number of H-pyrrole nitrogens is 1. The fourth-order valence-corrected chi connectivity index (χ4v) is 3.36. The minimum Gasteiger partial charge on any atom is -0.461 e. The zero-order valence-electron chi connectivity index (χ0n) is 15.7. The van der Waals surface area contributed by atoms with Crippen LogP contribution in [0, 0.1) is 5.92 Å². The average molecular weight is 374 g/mol. The summed E-state index contributed by atoms with van der Waals surface area (Å²) in [5.41, 5.74) is 1.65. The molecule has 2 atom stereocenters. The number of hydrogen-bond donors (Lipinski definition) is 2. The molecule has 2 fully saturated rings. The number of furan rings is 1. The summed E-state index contributed by atoms with van der Waals surface area (Å²) in [6.45, 7) is 2.22. The lowest BCUT2D eigenvalue weighted by Crippen LogP contribution is -2.07. The zero-order valence-corrected chi connectivity index (χ0v) is 15.7. The van der Waals surface area contributed by atoms with Gasteiger partial charge >= 0.3 is 0 Å². The van der Waals surface area contributed by atoms with Crippen LogP contribution >= 0.6 is 0 Å². The number of carbonyl (C=O) groups excluding carboxylic acids is 1. The Morgan fingerprint density at radius 2 is 2.00 bits per heavy atom. The van der Waals surface area contributed by atoms with Gasteiger partial charge in [-0.05, 0) is 67.7 Å². The molecule has 0 saturated heterocycles. The number of carbonyl (C=O) groups is 1. The lowest BCUT2D eigenvalue weighted by atomic mass is 10.2. The molecule has 0 spiro atoms. The van der Waals surface area contributed by atoms with Crippen LogP contribution in [-0.4, -0.2) is 21.1 Å². The molecule has 1 aromatic carbocycles. The Kier molecular flexibility index (Phi) is 4.11. The van der Waals surface area contributed by atoms with E-state index in [2.05, 4.69) is 27.4 Å². The van der Waals surface area contributed by atoms with Crippen molar-refractivity contribution in [3.8, 4) is 11.4 Å². The molecule has 1 amide bonds. The van der Waals surface area contributed by atoms with Crippen molar-refractivity contribution < 1.29 is 9.21 Å². The summed E-state index contributed by atoms with van der Waals surface area (Å²) < 4.78 is 5.78. The molecule has 28 heavy (non-hydrogen) atoms. The number of aromatic amines is 1. The van der Waals surface area contributed by atoms with Crippen LogP contribution in [0.15, 0.2) is 46.9 Å². The summed E-state index contributed by atoms with van der Waals surface area (Å²) in [5, 5.41) is 10.1. The molecule has 6 nitrogen and oxygen atoms in total. The SMILES string of the molecule is CC1CC1c1ccc(/C=C/C(=O)Nc2ccc(-c3n[nH]c(C4CC4)n3)cc2)o1. The van der Waals surface area contributed by atoms with E-state index < -0.39 is 0 Å². The van der Waals surface area contributed by atoms with Crippen molar-refractivity contribution in [1.29, 1.82) is 0 Å². The second-order valence-electron chi connectivity index (χ2n) is 7.78. The molecule has 142 valence electrons. The Morgan fingerprint density at radius 1 is 1.21 bits per heavy atom. The highest BCUT2D eigenvalue weighted by molar-refractivity contribution is 6.01. The Balaban J connectivity index is 1.19. The molecule has 6 heteroatoms. The minimum atomic E-state index is -0.195. The maximum absolute atomic E-state index is 12.2. The predicted molar refractivity (Wildman–Crippen MR) is 107 cm³/mol. The highest BCUT2D eigenvalue weighted by atomic mass is 16.3. The van der Waals surface area contributed by atoms with Crippen LogP contribution in [-0.2, 0) is 4.79 Å². The number of amides is 1. The van der Waals surface area contributed by atoms with E-state index in [1.54, 1.807) is 6.08 Å². The minimum absolute atomic E-state index is 0.195. The summed E-state index contributed by atoms with van der Waals surface area (Å²) in [7, 11) is 0. The third-order valence-corrected chi connectivity index (χ3v) is 5.40. The van der Waals surface area contributed by atoms with E-state index in [-0.39, 0.29) is 5.91 Å². The van der Waals surface area contributed by atoms with Crippen LogP contribution in [0.2, 0.25) is 0 Å². The fraction of sp³-hybridized carbons (Fsp3) is 0.318. The van der Waals surface area contributed by atoms with Gasteiger partial charge in [-0.2, -0.15) is 5.10 Å². The molecule has 0 aliphatic heterocycles. The standard InChI is InChI=1S/C22H22N4O2/c1-13-12-18(13)19-10-8-17(28-19)9-11-20(27)23-16-6-4-15(5-7-16)22-24-21(25-26-22)14-2-3-14/h4-11,13-14,18H,2-3,12H2,1H3,(H,23,27)(H,24,25,26)/b11-9+. The number of nitrogens with one attached hydrogen (secondary N) is 2. The lowest BCUT2D eigenvalue weighted by molar-refractivity contribution is -0.111. The smallest absolute Gasteiger partial charge is 0.248 e. The summed E-state index contributed by atoms with van der Waals surface area (Å²) in [5.74, 6) is 4.97. The molecule has 2 aliphatic rings. The van der Waals surface area contributed by atoms with Crippen molar-refractivity contribution in [2.45, 2.75) is 38.0 Å². The second-order valence-corrected chi connectivity index (χ2v) is 7.78. The van der Waals surface area contributed by atoms with Crippen molar-refractivity contribution in [2.75, 3.05) is 5.32 Å². The molecule has 2 N–H and O–H groups in total. The Bertz CT molecular complexity index is 1030. The fourth-order valence-electron chi connectivity index (χ4n) is 3.36. The van der Waals surface area contributed by atoms with Gasteiger partial charge in [-0.1, -0.05) is 6.92 Å². The van der Waals surface area contributed by atoms with E-state index in [9.17, 15) is 4.79 Å². The summed E-state index contributed by atoms with van der Waals surface area (Å²) in [6.07, 6.45) is 6.75. The van der Waals surface area contributed by atoms with Crippen molar-refractivity contribution in [3.63, 3.8) is 0 Å². The number of benzene rings is 1. The zero-order chi connectivity index (χ0) is 19.1. The van der Waals surface area contributed by atoms with E-state index in [0.29, 0.717) is 29.3 Å². The predicted octanol–water partition coefficient (Wildman–Crippen LogP) is 4.72. The van der Waals surface area contributed by atoms with E-state index in [4.69, 9.17) is 4.42 Å². The van der Waals surface area contributed by atoms with Gasteiger partial charge in [0.05, 0.1) is 0 Å². The molecular weight excluding hydrogens is 352 g/mol. The molecule has 2 saturated carbocycles. The van der Waals surface area contributed by atoms with Crippen molar-refractivity contribution in [3.05, 3.63) is 59.8 Å². The van der Waals surface area contributed by atoms with E-state index in [0.717, 1.165) is 22.8 Å². The van der Waals surface area contributed by atoms with Gasteiger partial charge in [-0.15, -0.1) is 0 Å². The lowest BCUT2D eigenvalue weighted by Gasteiger charge is -2.02. The first-order valence-electron chi connectivity index (χ1n) is 9.77. The van der Waals surface area contributed by atoms with Gasteiger partial charge in [0.15, 0.2) is 5.82 Å². The van der Waals surface area contributed by atoms with Crippen LogP contribution in [0.4, 0.5) is 5.69 Å². The van der Waals surface area contributed by atoms with Crippen molar-refractivity contribution >= 4 is 17.7 Å². The van der Waals surface area contributed by atoms with Gasteiger partial charge in [0.25, 0.3) is 0 Å². The van der Waals surface area contributed by atoms with Gasteiger partial charge < -0.3 is 9.73 Å². The summed E-state index contributed by atoms with van der Waals surface area (Å²) in [4.78, 5) is 16.7. The number of rotatable bonds is 6. The van der Waals surface area contributed by atoms with E-state index in [1.165, 1.54) is 25.3 Å². The highest BCUT2D eigenvalue weighted by Crippen LogP contribution is 2.47. The third kappa shape index (κ3) is 3.63. The Hall–Kier alpha value is -3.15. The molecule has 2 aliphatic carbocycles. The molecule has 2 aromatic heterocycles. The van der Waals surface area contributed by atoms with Crippen LogP contribution in [0.5, 0.6) is 0 Å². The normalized spacial score (nSPS) is 21.2. The molecule has 2 unspecified atom stereocenters. The highest BCUT2D eigenvalue weighted by Gasteiger charge is 2.36. The van der Waals surface area contributed by atoms with Gasteiger partial charge in [-0.25, -0.2) is 4.98 Å². The number of aromatic nitrogens is 3. The molecular formula is C22H22N4O2. The van der Waals surface area contributed by atoms with Gasteiger partial charge in [0, 0.05) is 29.2 Å². The number of nitrogens with zero attached hydrogens (tertiary/aromatic N) is 2. The summed E-state index contributed by atoms with van der Waals surface area (Å²) in [6, 6.07) is 11.4. The van der Waals surface area contributed by atoms with Crippen LogP contribution < -0.4 is 5.32 Å². The van der Waals surface area contributed by atoms with Crippen molar-refractivity contribution in [2.24, 2.45) is 5.92 Å². The van der Waals surface area contributed by atoms with Gasteiger partial charge in [0.1, 0.15) is 17.3 Å². The van der Waals surface area contributed by atoms with E-state index in [1.807, 2.05) is 36.4 Å². The Morgan fingerprint density at radius 3 is 2.71 bits per heavy atom. The van der Waals surface area contributed by atoms with Crippen LogP contribution in [0.1, 0.15) is 55.4 Å². The van der Waals surface area contributed by atoms with E-state index >= 15 is 0 Å². The maximum atomic E-state index is 12.2. The van der Waals surface area contributed by atoms with Crippen LogP contribution in [0.3, 0.4) is 0 Å². The molecule has 2 heterocycles. The van der Waals surface area contributed by atoms with Crippen molar-refractivity contribution in [1.82, 2.24) is 15.2 Å². The number of anilines is 1. The van der Waals surface area contributed by atoms with Crippen LogP contribution in [0.25, 0.3) is 17.5 Å². The Labute approximate surface area is 163 Å². The quantitative estimate of drug-likeness (QED) is 0.612. The average Bonchev–Trinajstić information content (AvgIpc) is 3.57. The maximum Gasteiger partial charge on any atom is 0.248 e. The molecule has 0 bridgehead atoms. The first-order valence-corrected chi connectivity index (χ1v) is 9.77. The molecule has 5 rings (SSSR count).